The number of aryl methyl sites for hydroxylation is 1. The fourth-order valence-corrected chi connectivity index (χ4v) is 1.83. The van der Waals surface area contributed by atoms with E-state index < -0.39 is 0 Å². The smallest absolute Gasteiger partial charge is 0.213 e. The molecule has 0 aliphatic heterocycles. The summed E-state index contributed by atoms with van der Waals surface area (Å²) in [7, 11) is 0. The summed E-state index contributed by atoms with van der Waals surface area (Å²) < 4.78 is 5.74. The molecule has 1 fully saturated rings. The van der Waals surface area contributed by atoms with Crippen molar-refractivity contribution in [2.75, 3.05) is 0 Å². The number of nitrogens with zero attached hydrogens (tertiary/aromatic N) is 1. The van der Waals surface area contributed by atoms with E-state index in [0.29, 0.717) is 6.04 Å². The van der Waals surface area contributed by atoms with Crippen LogP contribution in [-0.2, 0) is 0 Å². The van der Waals surface area contributed by atoms with Crippen LogP contribution in [0.4, 0.5) is 0 Å². The number of hydrogen-bond donors (Lipinski definition) is 1. The minimum absolute atomic E-state index is 0.263. The summed E-state index contributed by atoms with van der Waals surface area (Å²) in [5, 5.41) is 0. The highest BCUT2D eigenvalue weighted by Gasteiger charge is 2.23. The van der Waals surface area contributed by atoms with Crippen LogP contribution in [0.3, 0.4) is 0 Å². The first-order valence-corrected chi connectivity index (χ1v) is 5.10. The topological polar surface area (TPSA) is 48.1 Å². The Bertz CT molecular complexity index is 314. The highest BCUT2D eigenvalue weighted by Crippen LogP contribution is 2.22. The molecule has 76 valence electrons. The van der Waals surface area contributed by atoms with Gasteiger partial charge in [0.15, 0.2) is 0 Å². The molecule has 1 saturated carbocycles. The van der Waals surface area contributed by atoms with Crippen LogP contribution >= 0.6 is 0 Å². The highest BCUT2D eigenvalue weighted by molar-refractivity contribution is 5.15. The Labute approximate surface area is 84.3 Å². The van der Waals surface area contributed by atoms with Crippen molar-refractivity contribution in [3.8, 4) is 5.88 Å². The molecule has 14 heavy (non-hydrogen) atoms. The lowest BCUT2D eigenvalue weighted by atomic mass is 10.3. The van der Waals surface area contributed by atoms with E-state index in [2.05, 4.69) is 4.98 Å². The van der Waals surface area contributed by atoms with E-state index >= 15 is 0 Å². The Kier molecular flexibility index (Phi) is 2.68. The first-order chi connectivity index (χ1) is 6.74. The van der Waals surface area contributed by atoms with Gasteiger partial charge in [-0.25, -0.2) is 4.98 Å². The molecule has 1 heterocycles. The van der Waals surface area contributed by atoms with Crippen LogP contribution in [-0.4, -0.2) is 17.1 Å². The quantitative estimate of drug-likeness (QED) is 0.775. The van der Waals surface area contributed by atoms with E-state index in [9.17, 15) is 0 Å². The molecule has 2 rings (SSSR count). The van der Waals surface area contributed by atoms with E-state index in [1.165, 1.54) is 0 Å². The predicted octanol–water partition coefficient (Wildman–Crippen LogP) is 1.65. The second kappa shape index (κ2) is 3.96. The van der Waals surface area contributed by atoms with Crippen molar-refractivity contribution in [3.05, 3.63) is 23.9 Å². The van der Waals surface area contributed by atoms with Gasteiger partial charge in [0.25, 0.3) is 0 Å². The van der Waals surface area contributed by atoms with Crippen LogP contribution < -0.4 is 10.5 Å². The number of hydrogen-bond acceptors (Lipinski definition) is 3. The maximum atomic E-state index is 5.81. The fraction of sp³-hybridized carbons (Fsp3) is 0.545. The van der Waals surface area contributed by atoms with Gasteiger partial charge >= 0.3 is 0 Å². The van der Waals surface area contributed by atoms with Crippen molar-refractivity contribution in [3.63, 3.8) is 0 Å². The molecule has 0 saturated heterocycles. The van der Waals surface area contributed by atoms with Gasteiger partial charge in [-0.05, 0) is 32.3 Å². The average molecular weight is 192 g/mol. The number of rotatable bonds is 2. The van der Waals surface area contributed by atoms with Gasteiger partial charge in [-0.3, -0.25) is 0 Å². The van der Waals surface area contributed by atoms with Crippen LogP contribution in [0.2, 0.25) is 0 Å². The molecule has 1 aromatic heterocycles. The largest absolute Gasteiger partial charge is 0.474 e. The van der Waals surface area contributed by atoms with E-state index in [1.807, 2.05) is 25.1 Å². The standard InChI is InChI=1S/C11H16N2O/c1-8-3-2-4-11(13-8)14-10-6-5-9(12)7-10/h2-4,9-10H,5-7,12H2,1H3. The zero-order chi connectivity index (χ0) is 9.97. The molecule has 1 aromatic rings. The van der Waals surface area contributed by atoms with Crippen LogP contribution in [0.5, 0.6) is 5.88 Å². The van der Waals surface area contributed by atoms with Crippen molar-refractivity contribution in [1.29, 1.82) is 0 Å². The zero-order valence-electron chi connectivity index (χ0n) is 8.44. The van der Waals surface area contributed by atoms with Gasteiger partial charge in [0, 0.05) is 17.8 Å². The highest BCUT2D eigenvalue weighted by atomic mass is 16.5. The molecule has 0 bridgehead atoms. The Morgan fingerprint density at radius 3 is 2.93 bits per heavy atom. The van der Waals surface area contributed by atoms with E-state index in [1.54, 1.807) is 0 Å². The average Bonchev–Trinajstić information content (AvgIpc) is 2.51. The second-order valence-corrected chi connectivity index (χ2v) is 3.93. The normalized spacial score (nSPS) is 26.4. The van der Waals surface area contributed by atoms with Crippen LogP contribution in [0.15, 0.2) is 18.2 Å². The predicted molar refractivity (Wildman–Crippen MR) is 55.2 cm³/mol. The lowest BCUT2D eigenvalue weighted by Gasteiger charge is -2.12. The molecular weight excluding hydrogens is 176 g/mol. The van der Waals surface area contributed by atoms with Gasteiger partial charge < -0.3 is 10.5 Å². The summed E-state index contributed by atoms with van der Waals surface area (Å²) in [5.41, 5.74) is 6.80. The molecule has 0 spiro atoms. The zero-order valence-corrected chi connectivity index (χ0v) is 8.44. The molecule has 1 aliphatic carbocycles. The molecule has 0 amide bonds. The van der Waals surface area contributed by atoms with Crippen LogP contribution in [0, 0.1) is 6.92 Å². The summed E-state index contributed by atoms with van der Waals surface area (Å²) in [6.07, 6.45) is 3.34. The SMILES string of the molecule is Cc1cccc(OC2CCC(N)C2)n1. The van der Waals surface area contributed by atoms with Gasteiger partial charge in [-0.1, -0.05) is 6.07 Å². The van der Waals surface area contributed by atoms with E-state index in [-0.39, 0.29) is 6.10 Å². The van der Waals surface area contributed by atoms with Crippen molar-refractivity contribution >= 4 is 0 Å². The first kappa shape index (κ1) is 9.46. The summed E-state index contributed by atoms with van der Waals surface area (Å²) in [6.45, 7) is 1.97. The van der Waals surface area contributed by atoms with E-state index in [0.717, 1.165) is 30.8 Å². The second-order valence-electron chi connectivity index (χ2n) is 3.93. The molecular formula is C11H16N2O. The lowest BCUT2D eigenvalue weighted by Crippen LogP contribution is -2.19. The number of pyridine rings is 1. The third-order valence-electron chi connectivity index (χ3n) is 2.58. The van der Waals surface area contributed by atoms with Crippen molar-refractivity contribution < 1.29 is 4.74 Å². The van der Waals surface area contributed by atoms with Crippen LogP contribution in [0.25, 0.3) is 0 Å². The van der Waals surface area contributed by atoms with Crippen molar-refractivity contribution in [2.45, 2.75) is 38.3 Å². The maximum absolute atomic E-state index is 5.81. The van der Waals surface area contributed by atoms with Crippen molar-refractivity contribution in [2.24, 2.45) is 5.73 Å². The van der Waals surface area contributed by atoms with Crippen LogP contribution in [0.1, 0.15) is 25.0 Å². The van der Waals surface area contributed by atoms with E-state index in [4.69, 9.17) is 10.5 Å². The molecule has 0 aromatic carbocycles. The Hall–Kier alpha value is -1.09. The lowest BCUT2D eigenvalue weighted by molar-refractivity contribution is 0.199. The van der Waals surface area contributed by atoms with Gasteiger partial charge in [0.1, 0.15) is 6.10 Å². The molecule has 3 nitrogen and oxygen atoms in total. The minimum atomic E-state index is 0.263. The van der Waals surface area contributed by atoms with Gasteiger partial charge in [-0.2, -0.15) is 0 Å². The summed E-state index contributed by atoms with van der Waals surface area (Å²) in [4.78, 5) is 4.30. The van der Waals surface area contributed by atoms with Gasteiger partial charge in [0.05, 0.1) is 0 Å². The Morgan fingerprint density at radius 1 is 1.43 bits per heavy atom. The number of aromatic nitrogens is 1. The third kappa shape index (κ3) is 2.23. The van der Waals surface area contributed by atoms with Gasteiger partial charge in [-0.15, -0.1) is 0 Å². The third-order valence-corrected chi connectivity index (χ3v) is 2.58. The molecule has 3 heteroatoms. The molecule has 2 atom stereocenters. The molecule has 1 aliphatic rings. The van der Waals surface area contributed by atoms with Crippen molar-refractivity contribution in [1.82, 2.24) is 4.98 Å². The summed E-state index contributed by atoms with van der Waals surface area (Å²) in [5.74, 6) is 0.726. The first-order valence-electron chi connectivity index (χ1n) is 5.10. The fourth-order valence-electron chi connectivity index (χ4n) is 1.83. The summed E-state index contributed by atoms with van der Waals surface area (Å²) in [6, 6.07) is 6.14. The summed E-state index contributed by atoms with van der Waals surface area (Å²) >= 11 is 0. The number of ether oxygens (including phenoxy) is 1. The Balaban J connectivity index is 1.97. The maximum Gasteiger partial charge on any atom is 0.213 e. The minimum Gasteiger partial charge on any atom is -0.474 e. The number of nitrogens with two attached hydrogens (primary N) is 1. The van der Waals surface area contributed by atoms with Gasteiger partial charge in [0.2, 0.25) is 5.88 Å². The molecule has 2 N–H and O–H groups in total. The molecule has 0 radical (unpaired) electrons. The monoisotopic (exact) mass is 192 g/mol. The molecule has 2 unspecified atom stereocenters. The Morgan fingerprint density at radius 2 is 2.29 bits per heavy atom.